The Hall–Kier alpha value is -0.940. The summed E-state index contributed by atoms with van der Waals surface area (Å²) in [5.74, 6) is -2.97. The van der Waals surface area contributed by atoms with E-state index >= 15 is 0 Å². The summed E-state index contributed by atoms with van der Waals surface area (Å²) in [6, 6.07) is 0. The number of ether oxygens (including phenoxy) is 3. The van der Waals surface area contributed by atoms with E-state index in [0.717, 1.165) is 11.1 Å². The van der Waals surface area contributed by atoms with Gasteiger partial charge in [0.2, 0.25) is 11.6 Å². The number of aliphatic hydroxyl groups is 1. The number of hydrogen-bond donors (Lipinski definition) is 1. The summed E-state index contributed by atoms with van der Waals surface area (Å²) in [6.45, 7) is 3.82. The first kappa shape index (κ1) is 14.1. The van der Waals surface area contributed by atoms with Crippen LogP contribution in [0.1, 0.15) is 13.8 Å². The van der Waals surface area contributed by atoms with Crippen molar-refractivity contribution in [1.29, 1.82) is 0 Å². The molecule has 1 aliphatic carbocycles. The van der Waals surface area contributed by atoms with Gasteiger partial charge in [0, 0.05) is 21.3 Å². The number of rotatable bonds is 4. The van der Waals surface area contributed by atoms with E-state index in [1.165, 1.54) is 21.3 Å². The van der Waals surface area contributed by atoms with Crippen LogP contribution in [0.25, 0.3) is 0 Å². The van der Waals surface area contributed by atoms with Crippen LogP contribution in [0.5, 0.6) is 0 Å². The summed E-state index contributed by atoms with van der Waals surface area (Å²) in [6.07, 6.45) is 7.14. The standard InChI is InChI=1S/C13H20O4/c1-6-7-11-9-13(16-4,17-5)12(14,15-3)8-10(11)2/h6-9,14H,1-5H3. The van der Waals surface area contributed by atoms with Crippen LogP contribution in [0.2, 0.25) is 0 Å². The molecule has 1 N–H and O–H groups in total. The highest BCUT2D eigenvalue weighted by Crippen LogP contribution is 2.38. The van der Waals surface area contributed by atoms with Gasteiger partial charge in [0.25, 0.3) is 0 Å². The quantitative estimate of drug-likeness (QED) is 0.761. The molecule has 17 heavy (non-hydrogen) atoms. The van der Waals surface area contributed by atoms with Crippen molar-refractivity contribution in [2.75, 3.05) is 21.3 Å². The number of methoxy groups -OCH3 is 3. The average molecular weight is 240 g/mol. The lowest BCUT2D eigenvalue weighted by molar-refractivity contribution is -0.337. The predicted octanol–water partition coefficient (Wildman–Crippen LogP) is 1.77. The van der Waals surface area contributed by atoms with Crippen molar-refractivity contribution in [2.45, 2.75) is 25.4 Å². The van der Waals surface area contributed by atoms with E-state index in [4.69, 9.17) is 14.2 Å². The SMILES string of the molecule is CC=CC1=CC(OC)(OC)C(O)(OC)C=C1C. The van der Waals surface area contributed by atoms with Gasteiger partial charge in [-0.1, -0.05) is 12.2 Å². The fourth-order valence-corrected chi connectivity index (χ4v) is 1.95. The molecule has 0 saturated heterocycles. The molecule has 0 heterocycles. The Morgan fingerprint density at radius 2 is 1.71 bits per heavy atom. The number of allylic oxidation sites excluding steroid dienone is 4. The van der Waals surface area contributed by atoms with Crippen molar-refractivity contribution in [3.8, 4) is 0 Å². The number of hydrogen-bond acceptors (Lipinski definition) is 4. The second kappa shape index (κ2) is 5.14. The second-order valence-corrected chi connectivity index (χ2v) is 3.90. The molecule has 0 radical (unpaired) electrons. The lowest BCUT2D eigenvalue weighted by atomic mass is 9.89. The maximum absolute atomic E-state index is 10.4. The van der Waals surface area contributed by atoms with Crippen LogP contribution in [0, 0.1) is 0 Å². The van der Waals surface area contributed by atoms with Crippen LogP contribution < -0.4 is 0 Å². The molecule has 0 amide bonds. The molecule has 0 aromatic carbocycles. The fourth-order valence-electron chi connectivity index (χ4n) is 1.95. The summed E-state index contributed by atoms with van der Waals surface area (Å²) in [5.41, 5.74) is 1.83. The molecule has 1 aliphatic rings. The van der Waals surface area contributed by atoms with E-state index < -0.39 is 11.6 Å². The molecule has 0 aliphatic heterocycles. The second-order valence-electron chi connectivity index (χ2n) is 3.90. The van der Waals surface area contributed by atoms with E-state index in [1.54, 1.807) is 12.2 Å². The molecule has 0 aromatic rings. The van der Waals surface area contributed by atoms with Crippen LogP contribution in [0.4, 0.5) is 0 Å². The van der Waals surface area contributed by atoms with Crippen molar-refractivity contribution < 1.29 is 19.3 Å². The van der Waals surface area contributed by atoms with E-state index in [9.17, 15) is 5.11 Å². The summed E-state index contributed by atoms with van der Waals surface area (Å²) >= 11 is 0. The molecule has 4 heteroatoms. The minimum Gasteiger partial charge on any atom is -0.358 e. The molecular formula is C13H20O4. The van der Waals surface area contributed by atoms with Crippen molar-refractivity contribution >= 4 is 0 Å². The van der Waals surface area contributed by atoms with Gasteiger partial charge in [0.05, 0.1) is 0 Å². The van der Waals surface area contributed by atoms with Crippen LogP contribution in [0.15, 0.2) is 35.5 Å². The Kier molecular flexibility index (Phi) is 4.27. The normalized spacial score (nSPS) is 28.1. The topological polar surface area (TPSA) is 47.9 Å². The van der Waals surface area contributed by atoms with E-state index in [0.29, 0.717) is 0 Å². The maximum Gasteiger partial charge on any atom is 0.248 e. The first-order chi connectivity index (χ1) is 7.98. The molecule has 0 bridgehead atoms. The third kappa shape index (κ3) is 2.21. The first-order valence-electron chi connectivity index (χ1n) is 5.41. The van der Waals surface area contributed by atoms with E-state index in [2.05, 4.69) is 0 Å². The van der Waals surface area contributed by atoms with Crippen LogP contribution in [-0.2, 0) is 14.2 Å². The third-order valence-corrected chi connectivity index (χ3v) is 2.98. The highest BCUT2D eigenvalue weighted by atomic mass is 16.7. The lowest BCUT2D eigenvalue weighted by Gasteiger charge is -2.42. The van der Waals surface area contributed by atoms with Gasteiger partial charge in [-0.2, -0.15) is 0 Å². The van der Waals surface area contributed by atoms with Crippen molar-refractivity contribution in [3.63, 3.8) is 0 Å². The molecule has 4 nitrogen and oxygen atoms in total. The van der Waals surface area contributed by atoms with Crippen molar-refractivity contribution in [3.05, 3.63) is 35.5 Å². The Morgan fingerprint density at radius 1 is 1.12 bits per heavy atom. The average Bonchev–Trinajstić information content (AvgIpc) is 2.33. The third-order valence-electron chi connectivity index (χ3n) is 2.98. The lowest BCUT2D eigenvalue weighted by Crippen LogP contribution is -2.57. The Bertz CT molecular complexity index is 364. The monoisotopic (exact) mass is 240 g/mol. The highest BCUT2D eigenvalue weighted by molar-refractivity contribution is 5.45. The van der Waals surface area contributed by atoms with Gasteiger partial charge in [0.15, 0.2) is 0 Å². The van der Waals surface area contributed by atoms with Gasteiger partial charge in [-0.25, -0.2) is 0 Å². The molecule has 0 aromatic heterocycles. The molecule has 96 valence electrons. The predicted molar refractivity (Wildman–Crippen MR) is 65.4 cm³/mol. The zero-order valence-corrected chi connectivity index (χ0v) is 11.0. The summed E-state index contributed by atoms with van der Waals surface area (Å²) in [5, 5.41) is 10.4. The Labute approximate surface area is 102 Å². The van der Waals surface area contributed by atoms with Gasteiger partial charge < -0.3 is 19.3 Å². The summed E-state index contributed by atoms with van der Waals surface area (Å²) in [7, 11) is 4.34. The van der Waals surface area contributed by atoms with Gasteiger partial charge in [-0.05, 0) is 37.1 Å². The highest BCUT2D eigenvalue weighted by Gasteiger charge is 2.52. The zero-order valence-electron chi connectivity index (χ0n) is 11.0. The molecule has 0 spiro atoms. The minimum atomic E-state index is -1.63. The van der Waals surface area contributed by atoms with Crippen LogP contribution in [-0.4, -0.2) is 38.0 Å². The van der Waals surface area contributed by atoms with E-state index in [1.807, 2.05) is 26.0 Å². The molecule has 1 rings (SSSR count). The van der Waals surface area contributed by atoms with Gasteiger partial charge in [0.1, 0.15) is 0 Å². The van der Waals surface area contributed by atoms with Gasteiger partial charge in [-0.15, -0.1) is 0 Å². The van der Waals surface area contributed by atoms with Crippen LogP contribution in [0.3, 0.4) is 0 Å². The summed E-state index contributed by atoms with van der Waals surface area (Å²) in [4.78, 5) is 0. The first-order valence-corrected chi connectivity index (χ1v) is 5.41. The molecule has 1 unspecified atom stereocenters. The molecular weight excluding hydrogens is 220 g/mol. The van der Waals surface area contributed by atoms with Crippen molar-refractivity contribution in [1.82, 2.24) is 0 Å². The molecule has 0 fully saturated rings. The minimum absolute atomic E-state index is 0.900. The summed E-state index contributed by atoms with van der Waals surface area (Å²) < 4.78 is 15.7. The zero-order chi connectivity index (χ0) is 13.1. The smallest absolute Gasteiger partial charge is 0.248 e. The van der Waals surface area contributed by atoms with Gasteiger partial charge in [-0.3, -0.25) is 0 Å². The fraction of sp³-hybridized carbons (Fsp3) is 0.538. The molecule has 0 saturated carbocycles. The van der Waals surface area contributed by atoms with Gasteiger partial charge >= 0.3 is 0 Å². The van der Waals surface area contributed by atoms with Crippen molar-refractivity contribution in [2.24, 2.45) is 0 Å². The van der Waals surface area contributed by atoms with E-state index in [-0.39, 0.29) is 0 Å². The molecule has 1 atom stereocenters. The Morgan fingerprint density at radius 3 is 2.12 bits per heavy atom. The maximum atomic E-state index is 10.4. The van der Waals surface area contributed by atoms with Crippen LogP contribution >= 0.6 is 0 Å². The largest absolute Gasteiger partial charge is 0.358 e. The Balaban J connectivity index is 3.33.